The Hall–Kier alpha value is -3.91. The number of benzene rings is 3. The van der Waals surface area contributed by atoms with Gasteiger partial charge in [-0.05, 0) is 48.9 Å². The van der Waals surface area contributed by atoms with E-state index in [9.17, 15) is 4.79 Å². The summed E-state index contributed by atoms with van der Waals surface area (Å²) >= 11 is 3.56. The van der Waals surface area contributed by atoms with Crippen molar-refractivity contribution in [3.63, 3.8) is 0 Å². The molecule has 170 valence electrons. The summed E-state index contributed by atoms with van der Waals surface area (Å²) < 4.78 is 8.04. The zero-order valence-electron chi connectivity index (χ0n) is 18.6. The molecule has 7 nitrogen and oxygen atoms in total. The lowest BCUT2D eigenvalue weighted by Gasteiger charge is -2.28. The predicted molar refractivity (Wildman–Crippen MR) is 136 cm³/mol. The average molecular weight is 516 g/mol. The van der Waals surface area contributed by atoms with Gasteiger partial charge < -0.3 is 15.4 Å². The van der Waals surface area contributed by atoms with Gasteiger partial charge in [0.2, 0.25) is 5.95 Å². The molecule has 34 heavy (non-hydrogen) atoms. The molecule has 0 saturated heterocycles. The number of amides is 1. The second kappa shape index (κ2) is 9.15. The number of ether oxygens (including phenoxy) is 1. The van der Waals surface area contributed by atoms with Gasteiger partial charge in [0, 0.05) is 21.4 Å². The first-order valence-corrected chi connectivity index (χ1v) is 11.5. The van der Waals surface area contributed by atoms with Crippen LogP contribution in [0.25, 0.3) is 11.4 Å². The van der Waals surface area contributed by atoms with Gasteiger partial charge in [0.15, 0.2) is 5.82 Å². The highest BCUT2D eigenvalue weighted by Crippen LogP contribution is 2.37. The van der Waals surface area contributed by atoms with Crippen molar-refractivity contribution < 1.29 is 9.53 Å². The fraction of sp³-hybridized carbons (Fsp3) is 0.115. The van der Waals surface area contributed by atoms with Crippen molar-refractivity contribution in [1.82, 2.24) is 14.8 Å². The van der Waals surface area contributed by atoms with Crippen molar-refractivity contribution >= 4 is 33.5 Å². The molecule has 2 N–H and O–H groups in total. The molecule has 0 bridgehead atoms. The van der Waals surface area contributed by atoms with E-state index in [-0.39, 0.29) is 5.91 Å². The molecule has 1 atom stereocenters. The van der Waals surface area contributed by atoms with E-state index in [0.29, 0.717) is 17.3 Å². The van der Waals surface area contributed by atoms with E-state index in [4.69, 9.17) is 14.8 Å². The van der Waals surface area contributed by atoms with Crippen LogP contribution in [-0.4, -0.2) is 27.8 Å². The maximum atomic E-state index is 13.5. The minimum Gasteiger partial charge on any atom is -0.497 e. The van der Waals surface area contributed by atoms with Crippen molar-refractivity contribution in [2.24, 2.45) is 0 Å². The van der Waals surface area contributed by atoms with Crippen molar-refractivity contribution in [1.29, 1.82) is 0 Å². The normalized spacial score (nSPS) is 14.9. The van der Waals surface area contributed by atoms with E-state index in [1.54, 1.807) is 11.8 Å². The standard InChI is InChI=1S/C26H22BrN5O2/c1-16-22(25(33)29-20-11-4-3-5-12-20)23(17-8-6-10-19(27)14-17)32-26(28-16)30-24(31-32)18-9-7-13-21(15-18)34-2/h3-15,23H,1-2H3,(H,29,33)(H,28,30,31). The van der Waals surface area contributed by atoms with Gasteiger partial charge in [-0.3, -0.25) is 4.79 Å². The molecule has 5 rings (SSSR count). The van der Waals surface area contributed by atoms with Crippen LogP contribution in [0.1, 0.15) is 18.5 Å². The smallest absolute Gasteiger partial charge is 0.255 e. The van der Waals surface area contributed by atoms with E-state index < -0.39 is 6.04 Å². The van der Waals surface area contributed by atoms with Gasteiger partial charge in [-0.15, -0.1) is 5.10 Å². The van der Waals surface area contributed by atoms with Crippen molar-refractivity contribution in [2.75, 3.05) is 17.7 Å². The lowest BCUT2D eigenvalue weighted by molar-refractivity contribution is -0.113. The highest BCUT2D eigenvalue weighted by atomic mass is 79.9. The van der Waals surface area contributed by atoms with Crippen LogP contribution in [0.5, 0.6) is 5.75 Å². The molecule has 0 saturated carbocycles. The summed E-state index contributed by atoms with van der Waals surface area (Å²) in [5, 5.41) is 11.1. The Morgan fingerprint density at radius 3 is 2.62 bits per heavy atom. The molecule has 1 unspecified atom stereocenters. The Kier molecular flexibility index (Phi) is 5.90. The van der Waals surface area contributed by atoms with Crippen molar-refractivity contribution in [3.8, 4) is 17.1 Å². The lowest BCUT2D eigenvalue weighted by atomic mass is 9.95. The number of carbonyl (C=O) groups excluding carboxylic acids is 1. The molecule has 0 aliphatic carbocycles. The van der Waals surface area contributed by atoms with Crippen LogP contribution >= 0.6 is 15.9 Å². The van der Waals surface area contributed by atoms with E-state index in [0.717, 1.165) is 32.7 Å². The third-order valence-electron chi connectivity index (χ3n) is 5.62. The van der Waals surface area contributed by atoms with Gasteiger partial charge in [-0.25, -0.2) is 4.68 Å². The fourth-order valence-corrected chi connectivity index (χ4v) is 4.45. The van der Waals surface area contributed by atoms with Crippen molar-refractivity contribution in [2.45, 2.75) is 13.0 Å². The van der Waals surface area contributed by atoms with Gasteiger partial charge in [-0.2, -0.15) is 4.98 Å². The van der Waals surface area contributed by atoms with Crippen LogP contribution < -0.4 is 15.4 Å². The summed E-state index contributed by atoms with van der Waals surface area (Å²) in [5.41, 5.74) is 3.75. The third-order valence-corrected chi connectivity index (χ3v) is 6.11. The van der Waals surface area contributed by atoms with Gasteiger partial charge >= 0.3 is 0 Å². The van der Waals surface area contributed by atoms with E-state index in [1.165, 1.54) is 0 Å². The number of halogens is 1. The predicted octanol–water partition coefficient (Wildman–Crippen LogP) is 5.64. The Morgan fingerprint density at radius 2 is 1.85 bits per heavy atom. The molecule has 2 heterocycles. The first-order chi connectivity index (χ1) is 16.5. The zero-order chi connectivity index (χ0) is 23.7. The largest absolute Gasteiger partial charge is 0.497 e. The topological polar surface area (TPSA) is 81.1 Å². The number of carbonyl (C=O) groups is 1. The number of nitrogens with zero attached hydrogens (tertiary/aromatic N) is 3. The van der Waals surface area contributed by atoms with Crippen LogP contribution in [0.3, 0.4) is 0 Å². The third kappa shape index (κ3) is 4.20. The monoisotopic (exact) mass is 515 g/mol. The number of hydrogen-bond acceptors (Lipinski definition) is 5. The number of methoxy groups -OCH3 is 1. The molecule has 8 heteroatoms. The number of para-hydroxylation sites is 1. The second-order valence-electron chi connectivity index (χ2n) is 7.88. The molecule has 1 aliphatic heterocycles. The maximum Gasteiger partial charge on any atom is 0.255 e. The summed E-state index contributed by atoms with van der Waals surface area (Å²) in [6.07, 6.45) is 0. The quantitative estimate of drug-likeness (QED) is 0.359. The Labute approximate surface area is 205 Å². The SMILES string of the molecule is COc1cccc(-c2nc3n(n2)C(c2cccc(Br)c2)C(C(=O)Nc2ccccc2)=C(C)N3)c1. The average Bonchev–Trinajstić information content (AvgIpc) is 3.27. The van der Waals surface area contributed by atoms with Crippen LogP contribution in [0.15, 0.2) is 94.6 Å². The number of rotatable bonds is 5. The molecular weight excluding hydrogens is 494 g/mol. The van der Waals surface area contributed by atoms with E-state index in [2.05, 4.69) is 26.6 Å². The van der Waals surface area contributed by atoms with Crippen molar-refractivity contribution in [3.05, 3.63) is 100 Å². The number of fused-ring (bicyclic) bond motifs is 1. The van der Waals surface area contributed by atoms with Crippen LogP contribution in [-0.2, 0) is 4.79 Å². The number of allylic oxidation sites excluding steroid dienone is 1. The first kappa shape index (κ1) is 21.9. The van der Waals surface area contributed by atoms with Crippen LogP contribution in [0.2, 0.25) is 0 Å². The highest BCUT2D eigenvalue weighted by molar-refractivity contribution is 9.10. The Morgan fingerprint density at radius 1 is 1.06 bits per heavy atom. The van der Waals surface area contributed by atoms with Crippen LogP contribution in [0, 0.1) is 0 Å². The molecule has 1 aliphatic rings. The Bertz CT molecular complexity index is 1400. The molecular formula is C26H22BrN5O2. The van der Waals surface area contributed by atoms with Gasteiger partial charge in [0.05, 0.1) is 12.7 Å². The highest BCUT2D eigenvalue weighted by Gasteiger charge is 2.34. The first-order valence-electron chi connectivity index (χ1n) is 10.7. The molecule has 0 radical (unpaired) electrons. The number of aromatic nitrogens is 3. The lowest BCUT2D eigenvalue weighted by Crippen LogP contribution is -2.31. The minimum absolute atomic E-state index is 0.203. The van der Waals surface area contributed by atoms with Gasteiger partial charge in [0.1, 0.15) is 11.8 Å². The summed E-state index contributed by atoms with van der Waals surface area (Å²) in [5.74, 6) is 1.62. The molecule has 0 spiro atoms. The number of anilines is 2. The fourth-order valence-electron chi connectivity index (χ4n) is 4.03. The van der Waals surface area contributed by atoms with Gasteiger partial charge in [0.25, 0.3) is 5.91 Å². The van der Waals surface area contributed by atoms with E-state index in [1.807, 2.05) is 85.8 Å². The van der Waals surface area contributed by atoms with Crippen LogP contribution in [0.4, 0.5) is 11.6 Å². The number of nitrogens with one attached hydrogen (secondary N) is 2. The molecule has 1 amide bonds. The zero-order valence-corrected chi connectivity index (χ0v) is 20.2. The summed E-state index contributed by atoms with van der Waals surface area (Å²) in [4.78, 5) is 18.2. The van der Waals surface area contributed by atoms with Gasteiger partial charge in [-0.1, -0.05) is 58.4 Å². The summed E-state index contributed by atoms with van der Waals surface area (Å²) in [6.45, 7) is 1.88. The second-order valence-corrected chi connectivity index (χ2v) is 8.79. The molecule has 0 fully saturated rings. The Balaban J connectivity index is 1.61. The number of hydrogen-bond donors (Lipinski definition) is 2. The summed E-state index contributed by atoms with van der Waals surface area (Å²) in [6, 6.07) is 24.4. The van der Waals surface area contributed by atoms with E-state index >= 15 is 0 Å². The molecule has 3 aromatic carbocycles. The molecule has 4 aromatic rings. The summed E-state index contributed by atoms with van der Waals surface area (Å²) in [7, 11) is 1.63. The maximum absolute atomic E-state index is 13.5. The minimum atomic E-state index is -0.468. The molecule has 1 aromatic heterocycles.